The van der Waals surface area contributed by atoms with Gasteiger partial charge in [-0.25, -0.2) is 4.68 Å². The molecule has 1 heterocycles. The highest BCUT2D eigenvalue weighted by molar-refractivity contribution is 5.75. The lowest BCUT2D eigenvalue weighted by molar-refractivity contribution is -0.123. The molecule has 0 saturated heterocycles. The van der Waals surface area contributed by atoms with Crippen molar-refractivity contribution in [1.29, 1.82) is 0 Å². The van der Waals surface area contributed by atoms with Crippen molar-refractivity contribution in [3.63, 3.8) is 0 Å². The lowest BCUT2D eigenvalue weighted by Crippen LogP contribution is -2.44. The summed E-state index contributed by atoms with van der Waals surface area (Å²) in [6.07, 6.45) is 2.99. The van der Waals surface area contributed by atoms with Crippen molar-refractivity contribution in [2.75, 3.05) is 6.54 Å². The number of hydrogen-bond donors (Lipinski definition) is 2. The second-order valence-electron chi connectivity index (χ2n) is 5.47. The van der Waals surface area contributed by atoms with Crippen LogP contribution in [0.2, 0.25) is 0 Å². The van der Waals surface area contributed by atoms with Gasteiger partial charge in [0.05, 0.1) is 11.3 Å². The molecule has 0 aliphatic carbocycles. The fourth-order valence-corrected chi connectivity index (χ4v) is 2.35. The van der Waals surface area contributed by atoms with E-state index in [-0.39, 0.29) is 24.6 Å². The number of amides is 1. The van der Waals surface area contributed by atoms with Crippen LogP contribution in [0.5, 0.6) is 0 Å². The van der Waals surface area contributed by atoms with Crippen molar-refractivity contribution in [3.8, 4) is 0 Å². The van der Waals surface area contributed by atoms with E-state index in [1.165, 1.54) is 6.07 Å². The van der Waals surface area contributed by atoms with Gasteiger partial charge in [0.15, 0.2) is 0 Å². The van der Waals surface area contributed by atoms with Crippen LogP contribution in [-0.4, -0.2) is 32.9 Å². The summed E-state index contributed by atoms with van der Waals surface area (Å²) < 4.78 is 1.13. The van der Waals surface area contributed by atoms with Gasteiger partial charge in [0.1, 0.15) is 6.54 Å². The van der Waals surface area contributed by atoms with Gasteiger partial charge >= 0.3 is 0 Å². The van der Waals surface area contributed by atoms with Crippen molar-refractivity contribution >= 4 is 5.91 Å². The molecule has 2 N–H and O–H groups in total. The third-order valence-corrected chi connectivity index (χ3v) is 3.34. The van der Waals surface area contributed by atoms with Crippen molar-refractivity contribution in [1.82, 2.24) is 15.1 Å². The Morgan fingerprint density at radius 1 is 1.33 bits per heavy atom. The fourth-order valence-electron chi connectivity index (χ4n) is 2.35. The molecule has 0 atom stereocenters. The quantitative estimate of drug-likeness (QED) is 0.749. The summed E-state index contributed by atoms with van der Waals surface area (Å²) in [5.41, 5.74) is -0.506. The average molecular weight is 295 g/mol. The molecular formula is C15H25N3O3. The maximum atomic E-state index is 11.9. The fraction of sp³-hybridized carbons (Fsp3) is 0.667. The molecule has 0 spiro atoms. The topological polar surface area (TPSA) is 84.2 Å². The predicted molar refractivity (Wildman–Crippen MR) is 81.0 cm³/mol. The first-order valence-corrected chi connectivity index (χ1v) is 7.44. The molecule has 1 amide bonds. The second kappa shape index (κ2) is 7.93. The van der Waals surface area contributed by atoms with Gasteiger partial charge in [0.2, 0.25) is 5.91 Å². The number of aryl methyl sites for hydroxylation is 1. The Morgan fingerprint density at radius 3 is 2.52 bits per heavy atom. The number of hydrogen-bond acceptors (Lipinski definition) is 4. The lowest BCUT2D eigenvalue weighted by Gasteiger charge is -2.27. The summed E-state index contributed by atoms with van der Waals surface area (Å²) in [5, 5.41) is 17.1. The highest BCUT2D eigenvalue weighted by atomic mass is 16.3. The first kappa shape index (κ1) is 17.4. The highest BCUT2D eigenvalue weighted by Crippen LogP contribution is 2.18. The molecule has 6 nitrogen and oxygen atoms in total. The van der Waals surface area contributed by atoms with Gasteiger partial charge in [-0.2, -0.15) is 5.10 Å². The molecule has 0 fully saturated rings. The normalized spacial score (nSPS) is 11.4. The van der Waals surface area contributed by atoms with Crippen LogP contribution >= 0.6 is 0 Å². The van der Waals surface area contributed by atoms with Gasteiger partial charge in [-0.05, 0) is 25.8 Å². The maximum absolute atomic E-state index is 11.9. The number of aliphatic hydroxyl groups is 1. The van der Waals surface area contributed by atoms with Crippen molar-refractivity contribution in [2.45, 2.75) is 58.6 Å². The molecule has 1 aromatic heterocycles. The van der Waals surface area contributed by atoms with Crippen LogP contribution in [0.3, 0.4) is 0 Å². The van der Waals surface area contributed by atoms with E-state index >= 15 is 0 Å². The molecule has 0 radical (unpaired) electrons. The van der Waals surface area contributed by atoms with Crippen LogP contribution in [0.4, 0.5) is 0 Å². The third-order valence-electron chi connectivity index (χ3n) is 3.34. The van der Waals surface area contributed by atoms with E-state index in [1.807, 2.05) is 13.8 Å². The van der Waals surface area contributed by atoms with Crippen LogP contribution < -0.4 is 10.9 Å². The summed E-state index contributed by atoms with van der Waals surface area (Å²) in [7, 11) is 0. The van der Waals surface area contributed by atoms with Crippen LogP contribution in [0.15, 0.2) is 16.9 Å². The molecule has 0 aliphatic heterocycles. The predicted octanol–water partition coefficient (Wildman–Crippen LogP) is 0.999. The molecule has 1 aromatic rings. The lowest BCUT2D eigenvalue weighted by atomic mass is 9.92. The summed E-state index contributed by atoms with van der Waals surface area (Å²) in [5.74, 6) is -0.319. The molecular weight excluding hydrogens is 270 g/mol. The van der Waals surface area contributed by atoms with Crippen LogP contribution in [0.25, 0.3) is 0 Å². The van der Waals surface area contributed by atoms with E-state index in [9.17, 15) is 14.7 Å². The Morgan fingerprint density at radius 2 is 1.95 bits per heavy atom. The van der Waals surface area contributed by atoms with E-state index in [0.29, 0.717) is 18.5 Å². The molecule has 0 bridgehead atoms. The molecule has 118 valence electrons. The molecule has 0 aliphatic rings. The van der Waals surface area contributed by atoms with E-state index in [1.54, 1.807) is 13.0 Å². The highest BCUT2D eigenvalue weighted by Gasteiger charge is 2.25. The maximum Gasteiger partial charge on any atom is 0.267 e. The number of rotatable bonds is 8. The summed E-state index contributed by atoms with van der Waals surface area (Å²) in [6.45, 7) is 5.83. The molecule has 1 rings (SSSR count). The number of carbonyl (C=O) groups is 1. The first-order chi connectivity index (χ1) is 9.90. The van der Waals surface area contributed by atoms with Gasteiger partial charge in [-0.3, -0.25) is 9.59 Å². The van der Waals surface area contributed by atoms with Gasteiger partial charge in [-0.15, -0.1) is 0 Å². The van der Waals surface area contributed by atoms with Crippen LogP contribution in [0.1, 0.15) is 45.2 Å². The number of nitrogens with zero attached hydrogens (tertiary/aromatic N) is 2. The summed E-state index contributed by atoms with van der Waals surface area (Å²) in [6, 6.07) is 3.00. The minimum Gasteiger partial charge on any atom is -0.388 e. The Balaban J connectivity index is 2.61. The minimum atomic E-state index is -0.871. The summed E-state index contributed by atoms with van der Waals surface area (Å²) in [4.78, 5) is 23.5. The van der Waals surface area contributed by atoms with Gasteiger partial charge < -0.3 is 10.4 Å². The molecule has 0 saturated carbocycles. The Kier molecular flexibility index (Phi) is 6.55. The number of aromatic nitrogens is 2. The third kappa shape index (κ3) is 5.67. The van der Waals surface area contributed by atoms with Gasteiger partial charge in [0, 0.05) is 12.6 Å². The largest absolute Gasteiger partial charge is 0.388 e. The van der Waals surface area contributed by atoms with Crippen molar-refractivity contribution in [2.24, 2.45) is 0 Å². The van der Waals surface area contributed by atoms with E-state index in [2.05, 4.69) is 10.4 Å². The zero-order chi connectivity index (χ0) is 15.9. The Hall–Kier alpha value is -1.69. The van der Waals surface area contributed by atoms with E-state index in [4.69, 9.17) is 0 Å². The monoisotopic (exact) mass is 295 g/mol. The Bertz CT molecular complexity index is 519. The van der Waals surface area contributed by atoms with Gasteiger partial charge in [0.25, 0.3) is 5.56 Å². The SMILES string of the molecule is CCCC(O)(CCC)CNC(=O)Cn1nc(C)ccc1=O. The average Bonchev–Trinajstić information content (AvgIpc) is 2.41. The smallest absolute Gasteiger partial charge is 0.267 e. The minimum absolute atomic E-state index is 0.130. The first-order valence-electron chi connectivity index (χ1n) is 7.44. The van der Waals surface area contributed by atoms with E-state index < -0.39 is 5.60 Å². The van der Waals surface area contributed by atoms with E-state index in [0.717, 1.165) is 17.5 Å². The van der Waals surface area contributed by atoms with Crippen molar-refractivity contribution < 1.29 is 9.90 Å². The zero-order valence-electron chi connectivity index (χ0n) is 13.1. The number of nitrogens with one attached hydrogen (secondary N) is 1. The van der Waals surface area contributed by atoms with Crippen molar-refractivity contribution in [3.05, 3.63) is 28.2 Å². The zero-order valence-corrected chi connectivity index (χ0v) is 13.1. The molecule has 6 heteroatoms. The molecule has 21 heavy (non-hydrogen) atoms. The number of carbonyl (C=O) groups excluding carboxylic acids is 1. The summed E-state index contributed by atoms with van der Waals surface area (Å²) >= 11 is 0. The van der Waals surface area contributed by atoms with Gasteiger partial charge in [-0.1, -0.05) is 26.7 Å². The second-order valence-corrected chi connectivity index (χ2v) is 5.47. The Labute approximate surface area is 125 Å². The standard InChI is InChI=1S/C15H25N3O3/c1-4-8-15(21,9-5-2)11-16-13(19)10-18-14(20)7-6-12(3)17-18/h6-7,21H,4-5,8-11H2,1-3H3,(H,16,19). The van der Waals surface area contributed by atoms with Crippen LogP contribution in [0, 0.1) is 6.92 Å². The molecule has 0 unspecified atom stereocenters. The van der Waals surface area contributed by atoms with Crippen LogP contribution in [-0.2, 0) is 11.3 Å². The molecule has 0 aromatic carbocycles.